The van der Waals surface area contributed by atoms with E-state index in [1.165, 1.54) is 5.56 Å². The van der Waals surface area contributed by atoms with Crippen LogP contribution in [-0.4, -0.2) is 26.1 Å². The van der Waals surface area contributed by atoms with E-state index in [1.54, 1.807) is 18.4 Å². The molecule has 1 rings (SSSR count). The van der Waals surface area contributed by atoms with Gasteiger partial charge in [-0.15, -0.1) is 6.58 Å². The van der Waals surface area contributed by atoms with Crippen molar-refractivity contribution in [3.63, 3.8) is 0 Å². The van der Waals surface area contributed by atoms with Crippen molar-refractivity contribution in [1.82, 2.24) is 10.6 Å². The average Bonchev–Trinajstić information content (AvgIpc) is 2.82. The van der Waals surface area contributed by atoms with E-state index < -0.39 is 0 Å². The van der Waals surface area contributed by atoms with Gasteiger partial charge in [-0.05, 0) is 28.3 Å². The topological polar surface area (TPSA) is 36.4 Å². The number of guanidine groups is 1. The summed E-state index contributed by atoms with van der Waals surface area (Å²) in [5, 5.41) is 10.7. The third-order valence-corrected chi connectivity index (χ3v) is 3.03. The van der Waals surface area contributed by atoms with Gasteiger partial charge in [-0.2, -0.15) is 11.3 Å². The van der Waals surface area contributed by atoms with E-state index in [0.717, 1.165) is 19.0 Å². The van der Waals surface area contributed by atoms with Gasteiger partial charge in [0.1, 0.15) is 0 Å². The molecule has 0 aromatic carbocycles. The first-order valence-electron chi connectivity index (χ1n) is 5.35. The van der Waals surface area contributed by atoms with Crippen molar-refractivity contribution >= 4 is 17.3 Å². The van der Waals surface area contributed by atoms with Crippen LogP contribution in [0.15, 0.2) is 34.5 Å². The molecule has 0 bridgehead atoms. The Kier molecular flexibility index (Phi) is 5.64. The lowest BCUT2D eigenvalue weighted by Gasteiger charge is -2.14. The van der Waals surface area contributed by atoms with Gasteiger partial charge in [-0.25, -0.2) is 0 Å². The van der Waals surface area contributed by atoms with Gasteiger partial charge in [-0.1, -0.05) is 13.0 Å². The van der Waals surface area contributed by atoms with Crippen molar-refractivity contribution in [2.75, 3.05) is 20.1 Å². The molecule has 1 heterocycles. The second-order valence-electron chi connectivity index (χ2n) is 3.58. The molecule has 4 heteroatoms. The Morgan fingerprint density at radius 2 is 2.44 bits per heavy atom. The van der Waals surface area contributed by atoms with Crippen molar-refractivity contribution in [2.24, 2.45) is 4.99 Å². The molecule has 1 atom stereocenters. The van der Waals surface area contributed by atoms with E-state index in [2.05, 4.69) is 46.0 Å². The molecular weight excluding hydrogens is 218 g/mol. The maximum Gasteiger partial charge on any atom is 0.191 e. The normalized spacial score (nSPS) is 13.2. The molecule has 1 unspecified atom stereocenters. The molecule has 0 saturated carbocycles. The summed E-state index contributed by atoms with van der Waals surface area (Å²) < 4.78 is 0. The van der Waals surface area contributed by atoms with Crippen LogP contribution in [0.1, 0.15) is 18.4 Å². The van der Waals surface area contributed by atoms with E-state index in [9.17, 15) is 0 Å². The maximum absolute atomic E-state index is 4.13. The number of nitrogens with one attached hydrogen (secondary N) is 2. The highest BCUT2D eigenvalue weighted by molar-refractivity contribution is 7.07. The molecule has 0 radical (unpaired) electrons. The first kappa shape index (κ1) is 12.8. The minimum Gasteiger partial charge on any atom is -0.356 e. The van der Waals surface area contributed by atoms with Crippen LogP contribution in [0.25, 0.3) is 0 Å². The predicted octanol–water partition coefficient (Wildman–Crippen LogP) is 2.20. The standard InChI is InChI=1S/C12H19N3S/c1-4-6-14-12(13-3)15-8-10(2)11-5-7-16-9-11/h4-5,7,9-10H,1,6,8H2,2-3H3,(H2,13,14,15). The highest BCUT2D eigenvalue weighted by Crippen LogP contribution is 2.16. The highest BCUT2D eigenvalue weighted by Gasteiger charge is 2.06. The largest absolute Gasteiger partial charge is 0.356 e. The fourth-order valence-corrected chi connectivity index (χ4v) is 2.09. The Hall–Kier alpha value is -1.29. The molecule has 3 nitrogen and oxygen atoms in total. The zero-order chi connectivity index (χ0) is 11.8. The van der Waals surface area contributed by atoms with Crippen LogP contribution in [0.2, 0.25) is 0 Å². The van der Waals surface area contributed by atoms with Gasteiger partial charge in [0.15, 0.2) is 5.96 Å². The lowest BCUT2D eigenvalue weighted by atomic mass is 10.1. The molecule has 0 aliphatic rings. The quantitative estimate of drug-likeness (QED) is 0.468. The second kappa shape index (κ2) is 7.06. The zero-order valence-corrected chi connectivity index (χ0v) is 10.7. The Balaban J connectivity index is 2.35. The molecule has 1 aromatic heterocycles. The SMILES string of the molecule is C=CCNC(=NC)NCC(C)c1ccsc1. The Labute approximate surface area is 101 Å². The van der Waals surface area contributed by atoms with Crippen LogP contribution in [0.5, 0.6) is 0 Å². The summed E-state index contributed by atoms with van der Waals surface area (Å²) in [7, 11) is 1.77. The van der Waals surface area contributed by atoms with Crippen LogP contribution >= 0.6 is 11.3 Å². The van der Waals surface area contributed by atoms with Gasteiger partial charge >= 0.3 is 0 Å². The number of hydrogen-bond acceptors (Lipinski definition) is 2. The monoisotopic (exact) mass is 237 g/mol. The van der Waals surface area contributed by atoms with Crippen LogP contribution in [0.4, 0.5) is 0 Å². The van der Waals surface area contributed by atoms with Crippen molar-refractivity contribution in [2.45, 2.75) is 12.8 Å². The fourth-order valence-electron chi connectivity index (χ4n) is 1.31. The molecule has 0 fully saturated rings. The summed E-state index contributed by atoms with van der Waals surface area (Å²) in [4.78, 5) is 4.13. The Bertz CT molecular complexity index is 330. The number of hydrogen-bond donors (Lipinski definition) is 2. The predicted molar refractivity (Wildman–Crippen MR) is 72.3 cm³/mol. The van der Waals surface area contributed by atoms with Gasteiger partial charge in [-0.3, -0.25) is 4.99 Å². The second-order valence-corrected chi connectivity index (χ2v) is 4.36. The summed E-state index contributed by atoms with van der Waals surface area (Å²) in [5.74, 6) is 1.32. The number of aliphatic imine (C=N–C) groups is 1. The van der Waals surface area contributed by atoms with E-state index in [1.807, 2.05) is 6.08 Å². The zero-order valence-electron chi connectivity index (χ0n) is 9.86. The molecule has 0 aliphatic carbocycles. The van der Waals surface area contributed by atoms with Crippen LogP contribution < -0.4 is 10.6 Å². The summed E-state index contributed by atoms with van der Waals surface area (Å²) in [5.41, 5.74) is 1.37. The molecule has 0 saturated heterocycles. The minimum absolute atomic E-state index is 0.494. The summed E-state index contributed by atoms with van der Waals surface area (Å²) in [6.07, 6.45) is 1.81. The van der Waals surface area contributed by atoms with Gasteiger partial charge in [0.2, 0.25) is 0 Å². The van der Waals surface area contributed by atoms with Gasteiger partial charge in [0.05, 0.1) is 0 Å². The van der Waals surface area contributed by atoms with E-state index in [-0.39, 0.29) is 0 Å². The van der Waals surface area contributed by atoms with Crippen molar-refractivity contribution in [3.05, 3.63) is 35.0 Å². The summed E-state index contributed by atoms with van der Waals surface area (Å²) in [6, 6.07) is 2.16. The molecule has 0 amide bonds. The summed E-state index contributed by atoms with van der Waals surface area (Å²) >= 11 is 1.73. The molecule has 0 aliphatic heterocycles. The van der Waals surface area contributed by atoms with Crippen LogP contribution in [0, 0.1) is 0 Å². The lowest BCUT2D eigenvalue weighted by molar-refractivity contribution is 0.707. The molecular formula is C12H19N3S. The van der Waals surface area contributed by atoms with Gasteiger partial charge in [0.25, 0.3) is 0 Å². The van der Waals surface area contributed by atoms with Crippen LogP contribution in [0.3, 0.4) is 0 Å². The molecule has 2 N–H and O–H groups in total. The van der Waals surface area contributed by atoms with Crippen LogP contribution in [-0.2, 0) is 0 Å². The molecule has 16 heavy (non-hydrogen) atoms. The lowest BCUT2D eigenvalue weighted by Crippen LogP contribution is -2.38. The van der Waals surface area contributed by atoms with E-state index >= 15 is 0 Å². The fraction of sp³-hybridized carbons (Fsp3) is 0.417. The van der Waals surface area contributed by atoms with Gasteiger partial charge < -0.3 is 10.6 Å². The van der Waals surface area contributed by atoms with Gasteiger partial charge in [0, 0.05) is 20.1 Å². The van der Waals surface area contributed by atoms with Crippen molar-refractivity contribution in [1.29, 1.82) is 0 Å². The van der Waals surface area contributed by atoms with Crippen molar-refractivity contribution < 1.29 is 0 Å². The smallest absolute Gasteiger partial charge is 0.191 e. The van der Waals surface area contributed by atoms with E-state index in [0.29, 0.717) is 5.92 Å². The first-order chi connectivity index (χ1) is 7.77. The van der Waals surface area contributed by atoms with E-state index in [4.69, 9.17) is 0 Å². The first-order valence-corrected chi connectivity index (χ1v) is 6.29. The maximum atomic E-state index is 4.13. The number of nitrogens with zero attached hydrogens (tertiary/aromatic N) is 1. The number of thiophene rings is 1. The molecule has 88 valence electrons. The highest BCUT2D eigenvalue weighted by atomic mass is 32.1. The summed E-state index contributed by atoms with van der Waals surface area (Å²) in [6.45, 7) is 7.47. The molecule has 0 spiro atoms. The van der Waals surface area contributed by atoms with Crippen molar-refractivity contribution in [3.8, 4) is 0 Å². The average molecular weight is 237 g/mol. The third-order valence-electron chi connectivity index (χ3n) is 2.33. The minimum atomic E-state index is 0.494. The number of rotatable bonds is 5. The Morgan fingerprint density at radius 3 is 3.00 bits per heavy atom. The Morgan fingerprint density at radius 1 is 1.62 bits per heavy atom. The molecule has 1 aromatic rings. The third kappa shape index (κ3) is 4.06.